The minimum atomic E-state index is -4.41. The van der Waals surface area contributed by atoms with E-state index in [0.29, 0.717) is 30.9 Å². The number of alkyl halides is 3. The number of aromatic nitrogens is 3. The summed E-state index contributed by atoms with van der Waals surface area (Å²) in [5, 5.41) is 8.73. The number of amides is 2. The molecule has 0 aliphatic carbocycles. The minimum Gasteiger partial charge on any atom is -0.330 e. The maximum absolute atomic E-state index is 12.7. The maximum Gasteiger partial charge on any atom is 0.434 e. The highest BCUT2D eigenvalue weighted by Gasteiger charge is 2.35. The summed E-state index contributed by atoms with van der Waals surface area (Å²) in [7, 11) is 1.81. The van der Waals surface area contributed by atoms with Gasteiger partial charge in [0.25, 0.3) is 0 Å². The number of carbonyl (C=O) groups excluding carboxylic acids is 1. The fourth-order valence-corrected chi connectivity index (χ4v) is 3.95. The molecule has 2 amide bonds. The number of hydrogen-bond acceptors (Lipinski definition) is 4. The Morgan fingerprint density at radius 1 is 1.38 bits per heavy atom. The SMILES string of the molecule is C[C@@H](NC(=O)N1CCC(c2nc(C(F)(F)F)cs2)CC1)c1ccn(C)n1. The minimum absolute atomic E-state index is 0.0339. The molecule has 0 radical (unpaired) electrons. The Morgan fingerprint density at radius 3 is 2.62 bits per heavy atom. The van der Waals surface area contributed by atoms with Gasteiger partial charge in [-0.2, -0.15) is 18.3 Å². The first kappa shape index (κ1) is 18.7. The van der Waals surface area contributed by atoms with Crippen LogP contribution in [0.2, 0.25) is 0 Å². The first-order chi connectivity index (χ1) is 12.2. The number of hydrogen-bond donors (Lipinski definition) is 1. The molecule has 0 spiro atoms. The van der Waals surface area contributed by atoms with Crippen molar-refractivity contribution in [1.82, 2.24) is 25.0 Å². The second kappa shape index (κ2) is 7.26. The van der Waals surface area contributed by atoms with E-state index in [0.717, 1.165) is 22.4 Å². The first-order valence-corrected chi connectivity index (χ1v) is 9.19. The summed E-state index contributed by atoms with van der Waals surface area (Å²) in [5.41, 5.74) is -0.0555. The fourth-order valence-electron chi connectivity index (χ4n) is 2.95. The zero-order valence-corrected chi connectivity index (χ0v) is 15.3. The second-order valence-electron chi connectivity index (χ2n) is 6.42. The molecule has 1 saturated heterocycles. The van der Waals surface area contributed by atoms with Crippen molar-refractivity contribution in [2.24, 2.45) is 7.05 Å². The molecule has 2 aromatic rings. The topological polar surface area (TPSA) is 63.1 Å². The van der Waals surface area contributed by atoms with Crippen LogP contribution in [-0.4, -0.2) is 38.8 Å². The average molecular weight is 387 g/mol. The molecule has 6 nitrogen and oxygen atoms in total. The normalized spacial score (nSPS) is 17.3. The molecule has 3 heterocycles. The summed E-state index contributed by atoms with van der Waals surface area (Å²) in [4.78, 5) is 17.8. The van der Waals surface area contributed by atoms with Gasteiger partial charge in [0, 0.05) is 37.6 Å². The van der Waals surface area contributed by atoms with Crippen LogP contribution in [0.15, 0.2) is 17.6 Å². The molecule has 1 aliphatic rings. The van der Waals surface area contributed by atoms with E-state index in [1.165, 1.54) is 0 Å². The lowest BCUT2D eigenvalue weighted by Gasteiger charge is -2.32. The zero-order valence-electron chi connectivity index (χ0n) is 14.5. The molecule has 1 aliphatic heterocycles. The van der Waals surface area contributed by atoms with Gasteiger partial charge in [-0.25, -0.2) is 9.78 Å². The number of nitrogens with one attached hydrogen (secondary N) is 1. The van der Waals surface area contributed by atoms with Crippen LogP contribution in [0.4, 0.5) is 18.0 Å². The Morgan fingerprint density at radius 2 is 2.08 bits per heavy atom. The summed E-state index contributed by atoms with van der Waals surface area (Å²) >= 11 is 1.04. The quantitative estimate of drug-likeness (QED) is 0.876. The van der Waals surface area contributed by atoms with E-state index in [4.69, 9.17) is 0 Å². The molecule has 0 aromatic carbocycles. The van der Waals surface area contributed by atoms with Gasteiger partial charge in [0.2, 0.25) is 0 Å². The summed E-state index contributed by atoms with van der Waals surface area (Å²) in [6, 6.07) is 1.45. The van der Waals surface area contributed by atoms with Gasteiger partial charge in [-0.1, -0.05) is 0 Å². The van der Waals surface area contributed by atoms with E-state index in [2.05, 4.69) is 15.4 Å². The number of thiazole rings is 1. The van der Waals surface area contributed by atoms with Gasteiger partial charge in [-0.15, -0.1) is 11.3 Å². The van der Waals surface area contributed by atoms with E-state index in [1.807, 2.05) is 26.2 Å². The molecule has 1 fully saturated rings. The number of rotatable bonds is 3. The molecule has 3 rings (SSSR count). The van der Waals surface area contributed by atoms with E-state index in [-0.39, 0.29) is 18.0 Å². The molecule has 142 valence electrons. The van der Waals surface area contributed by atoms with Crippen molar-refractivity contribution in [3.63, 3.8) is 0 Å². The summed E-state index contributed by atoms with van der Waals surface area (Å²) in [6.45, 7) is 2.85. The molecule has 0 bridgehead atoms. The molecule has 1 N–H and O–H groups in total. The summed E-state index contributed by atoms with van der Waals surface area (Å²) in [5.74, 6) is -0.0339. The zero-order chi connectivity index (χ0) is 18.9. The molecule has 10 heteroatoms. The van der Waals surface area contributed by atoms with Crippen LogP contribution in [-0.2, 0) is 13.2 Å². The Balaban J connectivity index is 1.53. The van der Waals surface area contributed by atoms with Crippen LogP contribution >= 0.6 is 11.3 Å². The Labute approximate surface area is 153 Å². The van der Waals surface area contributed by atoms with Gasteiger partial charge >= 0.3 is 12.2 Å². The molecule has 0 unspecified atom stereocenters. The van der Waals surface area contributed by atoms with E-state index >= 15 is 0 Å². The van der Waals surface area contributed by atoms with Gasteiger partial charge < -0.3 is 10.2 Å². The molecule has 26 heavy (non-hydrogen) atoms. The third kappa shape index (κ3) is 4.17. The monoisotopic (exact) mass is 387 g/mol. The molecule has 1 atom stereocenters. The number of carbonyl (C=O) groups is 1. The van der Waals surface area contributed by atoms with Crippen LogP contribution in [0.25, 0.3) is 0 Å². The van der Waals surface area contributed by atoms with Gasteiger partial charge in [0.1, 0.15) is 0 Å². The van der Waals surface area contributed by atoms with Crippen molar-refractivity contribution >= 4 is 17.4 Å². The number of likely N-dealkylation sites (tertiary alicyclic amines) is 1. The fraction of sp³-hybridized carbons (Fsp3) is 0.562. The number of halogens is 3. The highest BCUT2D eigenvalue weighted by atomic mass is 32.1. The first-order valence-electron chi connectivity index (χ1n) is 8.31. The number of nitrogens with zero attached hydrogens (tertiary/aromatic N) is 4. The van der Waals surface area contributed by atoms with Crippen molar-refractivity contribution in [3.8, 4) is 0 Å². The van der Waals surface area contributed by atoms with Crippen LogP contribution < -0.4 is 5.32 Å². The molecular formula is C16H20F3N5OS. The standard InChI is InChI=1S/C16H20F3N5OS/c1-10(12-5-6-23(2)22-12)20-15(25)24-7-3-11(4-8-24)14-21-13(9-26-14)16(17,18)19/h5-6,9-11H,3-4,7-8H2,1-2H3,(H,20,25)/t10-/m1/s1. The number of aryl methyl sites for hydroxylation is 1. The maximum atomic E-state index is 12.7. The van der Waals surface area contributed by atoms with Crippen LogP contribution in [0, 0.1) is 0 Å². The highest BCUT2D eigenvalue weighted by molar-refractivity contribution is 7.09. The highest BCUT2D eigenvalue weighted by Crippen LogP contribution is 2.35. The predicted molar refractivity (Wildman–Crippen MR) is 90.8 cm³/mol. The van der Waals surface area contributed by atoms with Gasteiger partial charge in [-0.05, 0) is 25.8 Å². The van der Waals surface area contributed by atoms with Gasteiger partial charge in [0.05, 0.1) is 16.7 Å². The van der Waals surface area contributed by atoms with Crippen LogP contribution in [0.3, 0.4) is 0 Å². The largest absolute Gasteiger partial charge is 0.434 e. The van der Waals surface area contributed by atoms with Crippen molar-refractivity contribution < 1.29 is 18.0 Å². The third-order valence-electron chi connectivity index (χ3n) is 4.46. The Hall–Kier alpha value is -2.10. The van der Waals surface area contributed by atoms with E-state index in [9.17, 15) is 18.0 Å². The number of urea groups is 1. The van der Waals surface area contributed by atoms with Gasteiger partial charge in [0.15, 0.2) is 5.69 Å². The van der Waals surface area contributed by atoms with Crippen molar-refractivity contribution in [2.75, 3.05) is 13.1 Å². The second-order valence-corrected chi connectivity index (χ2v) is 7.31. The summed E-state index contributed by atoms with van der Waals surface area (Å²) in [6.07, 6.45) is -1.38. The van der Waals surface area contributed by atoms with Crippen molar-refractivity contribution in [2.45, 2.75) is 37.9 Å². The lowest BCUT2D eigenvalue weighted by atomic mass is 9.98. The van der Waals surface area contributed by atoms with Crippen LogP contribution in [0.5, 0.6) is 0 Å². The van der Waals surface area contributed by atoms with Crippen molar-refractivity contribution in [1.29, 1.82) is 0 Å². The Bertz CT molecular complexity index is 764. The van der Waals surface area contributed by atoms with Crippen molar-refractivity contribution in [3.05, 3.63) is 34.0 Å². The molecule has 0 saturated carbocycles. The average Bonchev–Trinajstić information content (AvgIpc) is 3.23. The smallest absolute Gasteiger partial charge is 0.330 e. The van der Waals surface area contributed by atoms with Gasteiger partial charge in [-0.3, -0.25) is 4.68 Å². The Kier molecular flexibility index (Phi) is 5.22. The lowest BCUT2D eigenvalue weighted by Crippen LogP contribution is -2.44. The third-order valence-corrected chi connectivity index (χ3v) is 5.47. The number of piperidine rings is 1. The van der Waals surface area contributed by atoms with E-state index in [1.54, 1.807) is 9.58 Å². The summed E-state index contributed by atoms with van der Waals surface area (Å²) < 4.78 is 39.7. The van der Waals surface area contributed by atoms with E-state index < -0.39 is 11.9 Å². The lowest BCUT2D eigenvalue weighted by molar-refractivity contribution is -0.140. The van der Waals surface area contributed by atoms with Crippen LogP contribution in [0.1, 0.15) is 48.1 Å². The molecule has 2 aromatic heterocycles. The molecular weight excluding hydrogens is 367 g/mol. The predicted octanol–water partition coefficient (Wildman–Crippen LogP) is 3.55.